The maximum absolute atomic E-state index is 13.5. The Hall–Kier alpha value is -2.84. The first-order chi connectivity index (χ1) is 22.3. The van der Waals surface area contributed by atoms with Crippen molar-refractivity contribution in [1.82, 2.24) is 0 Å². The maximum Gasteiger partial charge on any atom is 0.188 e. The van der Waals surface area contributed by atoms with Gasteiger partial charge in [0.25, 0.3) is 0 Å². The average Bonchev–Trinajstić information content (AvgIpc) is 3.81. The molecule has 238 valence electrons. The van der Waals surface area contributed by atoms with Crippen LogP contribution < -0.4 is 0 Å². The van der Waals surface area contributed by atoms with Gasteiger partial charge < -0.3 is 0 Å². The molecule has 46 heavy (non-hydrogen) atoms. The van der Waals surface area contributed by atoms with Crippen LogP contribution in [-0.2, 0) is 19.2 Å². The summed E-state index contributed by atoms with van der Waals surface area (Å²) in [6, 6.07) is 4.05. The van der Waals surface area contributed by atoms with Gasteiger partial charge >= 0.3 is 0 Å². The molecule has 3 aromatic rings. The van der Waals surface area contributed by atoms with Crippen molar-refractivity contribution in [2.75, 3.05) is 0 Å². The Morgan fingerprint density at radius 3 is 1.13 bits per heavy atom. The normalized spacial score (nSPS) is 34.2. The molecule has 8 unspecified atom stereocenters. The van der Waals surface area contributed by atoms with Crippen LogP contribution in [0, 0.1) is 61.2 Å². The minimum atomic E-state index is -0.180. The lowest BCUT2D eigenvalue weighted by Crippen LogP contribution is -2.35. The highest BCUT2D eigenvalue weighted by Gasteiger charge is 2.53. The average molecular weight is 653 g/mol. The zero-order chi connectivity index (χ0) is 31.4. The molecule has 8 atom stereocenters. The first-order valence-electron chi connectivity index (χ1n) is 17.6. The number of carbonyl (C=O) groups excluding carboxylic acids is 4. The lowest BCUT2D eigenvalue weighted by atomic mass is 9.64. The van der Waals surface area contributed by atoms with E-state index in [1.54, 1.807) is 0 Å². The van der Waals surface area contributed by atoms with Gasteiger partial charge in [-0.3, -0.25) is 19.2 Å². The van der Waals surface area contributed by atoms with E-state index in [-0.39, 0.29) is 58.2 Å². The number of thiophene rings is 2. The fraction of sp³-hybridized carbons (Fsp3) is 0.579. The van der Waals surface area contributed by atoms with Gasteiger partial charge in [-0.05, 0) is 97.2 Å². The van der Waals surface area contributed by atoms with Crippen LogP contribution in [0.15, 0.2) is 22.1 Å². The van der Waals surface area contributed by atoms with E-state index >= 15 is 0 Å². The predicted molar refractivity (Wildman–Crippen MR) is 184 cm³/mol. The number of Topliss-reactive ketones (excluding diaryl/α,β-unsaturated/α-hetero) is 4. The fourth-order valence-corrected chi connectivity index (χ4v) is 12.8. The van der Waals surface area contributed by atoms with E-state index < -0.39 is 0 Å². The highest BCUT2D eigenvalue weighted by atomic mass is 32.1. The van der Waals surface area contributed by atoms with Crippen LogP contribution >= 0.6 is 22.7 Å². The molecule has 1 aromatic carbocycles. The van der Waals surface area contributed by atoms with E-state index in [0.29, 0.717) is 33.7 Å². The molecule has 0 saturated heterocycles. The summed E-state index contributed by atoms with van der Waals surface area (Å²) in [6.07, 6.45) is 13.1. The van der Waals surface area contributed by atoms with Gasteiger partial charge in [-0.2, -0.15) is 0 Å². The molecule has 0 N–H and O–H groups in total. The molecule has 9 rings (SSSR count). The lowest BCUT2D eigenvalue weighted by Gasteiger charge is -2.39. The van der Waals surface area contributed by atoms with Crippen molar-refractivity contribution in [2.24, 2.45) is 57.3 Å². The minimum absolute atomic E-state index is 0.0377. The number of aliphatic imine (C=N–C) groups is 2. The molecule has 6 aliphatic carbocycles. The summed E-state index contributed by atoms with van der Waals surface area (Å²) in [7, 11) is 0. The molecular weight excluding hydrogens is 613 g/mol. The molecule has 0 bridgehead atoms. The van der Waals surface area contributed by atoms with Crippen molar-refractivity contribution >= 4 is 87.4 Å². The van der Waals surface area contributed by atoms with Gasteiger partial charge in [0.1, 0.15) is 10.0 Å². The molecule has 0 radical (unpaired) electrons. The molecule has 8 heteroatoms. The largest absolute Gasteiger partial charge is 0.292 e. The van der Waals surface area contributed by atoms with Crippen LogP contribution in [0.2, 0.25) is 0 Å². The summed E-state index contributed by atoms with van der Waals surface area (Å²) in [6.45, 7) is 4.18. The molecule has 6 saturated carbocycles. The molecule has 6 aliphatic rings. The third-order valence-electron chi connectivity index (χ3n) is 13.0. The Bertz CT molecular complexity index is 1670. The number of nitrogens with zero attached hydrogens (tertiary/aromatic N) is 2. The third-order valence-corrected chi connectivity index (χ3v) is 15.3. The van der Waals surface area contributed by atoms with E-state index in [9.17, 15) is 19.2 Å². The first-order valence-corrected chi connectivity index (χ1v) is 19.2. The van der Waals surface area contributed by atoms with E-state index in [1.165, 1.54) is 74.0 Å². The van der Waals surface area contributed by atoms with Crippen LogP contribution in [0.1, 0.15) is 88.2 Å². The summed E-state index contributed by atoms with van der Waals surface area (Å²) in [5.74, 6) is 1.47. The maximum atomic E-state index is 13.5. The summed E-state index contributed by atoms with van der Waals surface area (Å²) in [4.78, 5) is 63.5. The number of rotatable bonds is 2. The molecule has 0 amide bonds. The van der Waals surface area contributed by atoms with Crippen molar-refractivity contribution in [3.05, 3.63) is 23.3 Å². The van der Waals surface area contributed by atoms with Crippen molar-refractivity contribution in [1.29, 1.82) is 0 Å². The van der Waals surface area contributed by atoms with Gasteiger partial charge in [-0.25, -0.2) is 9.98 Å². The zero-order valence-electron chi connectivity index (χ0n) is 26.6. The number of hydrogen-bond acceptors (Lipinski definition) is 8. The van der Waals surface area contributed by atoms with Crippen molar-refractivity contribution in [3.8, 4) is 0 Å². The number of ketones is 4. The van der Waals surface area contributed by atoms with Crippen LogP contribution in [0.4, 0.5) is 10.0 Å². The van der Waals surface area contributed by atoms with E-state index in [4.69, 9.17) is 9.98 Å². The Labute approximate surface area is 277 Å². The van der Waals surface area contributed by atoms with E-state index in [0.717, 1.165) is 57.0 Å². The Morgan fingerprint density at radius 1 is 0.522 bits per heavy atom. The number of aryl methyl sites for hydroxylation is 2. The van der Waals surface area contributed by atoms with Crippen molar-refractivity contribution in [2.45, 2.75) is 90.9 Å². The number of fused-ring (bicyclic) bond motifs is 6. The monoisotopic (exact) mass is 652 g/mol. The fourth-order valence-electron chi connectivity index (χ4n) is 10.5. The third kappa shape index (κ3) is 4.38. The standard InChI is InChI=1S/C38H40N2O4S2/c1-17-23-15-29(39-31-33(41)25-11-19-7-3-4-8-20(19)12-26(25)34(31)42)46-38(23)18(2)24-16-30(45-37(17)24)40-32-35(43)27-13-21-9-5-6-10-22(21)14-28(27)36(32)44/h15-16,19-22,25-28H,3-14H2,1-2H3. The predicted octanol–water partition coefficient (Wildman–Crippen LogP) is 8.85. The highest BCUT2D eigenvalue weighted by molar-refractivity contribution is 7.24. The first kappa shape index (κ1) is 29.3. The quantitative estimate of drug-likeness (QED) is 0.276. The van der Waals surface area contributed by atoms with Crippen LogP contribution in [-0.4, -0.2) is 34.6 Å². The Morgan fingerprint density at radius 2 is 0.826 bits per heavy atom. The van der Waals surface area contributed by atoms with E-state index in [1.807, 2.05) is 12.1 Å². The van der Waals surface area contributed by atoms with Crippen molar-refractivity contribution < 1.29 is 19.2 Å². The number of hydrogen-bond donors (Lipinski definition) is 0. The molecule has 0 aliphatic heterocycles. The van der Waals surface area contributed by atoms with Gasteiger partial charge in [-0.15, -0.1) is 22.7 Å². The van der Waals surface area contributed by atoms with Crippen LogP contribution in [0.25, 0.3) is 20.2 Å². The van der Waals surface area contributed by atoms with Crippen LogP contribution in [0.3, 0.4) is 0 Å². The molecule has 6 nitrogen and oxygen atoms in total. The second-order valence-corrected chi connectivity index (χ2v) is 17.3. The molecular formula is C38H40N2O4S2. The molecule has 6 fully saturated rings. The number of benzene rings is 1. The van der Waals surface area contributed by atoms with Gasteiger partial charge in [-0.1, -0.05) is 51.4 Å². The van der Waals surface area contributed by atoms with Crippen LogP contribution in [0.5, 0.6) is 0 Å². The molecule has 0 spiro atoms. The summed E-state index contributed by atoms with van der Waals surface area (Å²) in [5, 5.41) is 3.55. The van der Waals surface area contributed by atoms with Gasteiger partial charge in [0.05, 0.1) is 0 Å². The van der Waals surface area contributed by atoms with Gasteiger partial charge in [0.2, 0.25) is 0 Å². The molecule has 2 aromatic heterocycles. The highest BCUT2D eigenvalue weighted by Crippen LogP contribution is 2.51. The second kappa shape index (κ2) is 10.8. The SMILES string of the molecule is Cc1c2cc(N=C3C(=O)C4CC5CCCCC5CC4C3=O)sc2c(C)c2cc(N=C3C(=O)C4CC5CCCCC5CC4C3=O)sc12. The van der Waals surface area contributed by atoms with Crippen molar-refractivity contribution in [3.63, 3.8) is 0 Å². The Balaban J connectivity index is 1.02. The minimum Gasteiger partial charge on any atom is -0.292 e. The topological polar surface area (TPSA) is 93.0 Å². The van der Waals surface area contributed by atoms with E-state index in [2.05, 4.69) is 13.8 Å². The van der Waals surface area contributed by atoms with Gasteiger partial charge in [0, 0.05) is 33.1 Å². The molecule has 2 heterocycles. The summed E-state index contributed by atoms with van der Waals surface area (Å²) < 4.78 is 2.17. The second-order valence-electron chi connectivity index (χ2n) is 15.3. The summed E-state index contributed by atoms with van der Waals surface area (Å²) >= 11 is 3.06. The smallest absolute Gasteiger partial charge is 0.188 e. The summed E-state index contributed by atoms with van der Waals surface area (Å²) in [5.41, 5.74) is 2.53. The Kier molecular flexibility index (Phi) is 6.91. The lowest BCUT2D eigenvalue weighted by molar-refractivity contribution is -0.123. The zero-order valence-corrected chi connectivity index (χ0v) is 28.2. The van der Waals surface area contributed by atoms with Gasteiger partial charge in [0.15, 0.2) is 34.6 Å². The number of carbonyl (C=O) groups is 4.